The Bertz CT molecular complexity index is 1270. The summed E-state index contributed by atoms with van der Waals surface area (Å²) >= 11 is 0. The highest BCUT2D eigenvalue weighted by Crippen LogP contribution is 2.16. The van der Waals surface area contributed by atoms with E-state index in [1.165, 1.54) is 23.1 Å². The molecule has 31 heavy (non-hydrogen) atoms. The molecule has 1 heterocycles. The third-order valence-corrected chi connectivity index (χ3v) is 5.87. The van der Waals surface area contributed by atoms with Crippen molar-refractivity contribution < 1.29 is 13.2 Å². The van der Waals surface area contributed by atoms with Gasteiger partial charge in [-0.15, -0.1) is 5.10 Å². The van der Waals surface area contributed by atoms with Crippen molar-refractivity contribution >= 4 is 21.6 Å². The van der Waals surface area contributed by atoms with Gasteiger partial charge in [0.2, 0.25) is 10.0 Å². The van der Waals surface area contributed by atoms with Crippen LogP contribution >= 0.6 is 0 Å². The summed E-state index contributed by atoms with van der Waals surface area (Å²) in [6, 6.07) is 22.0. The average Bonchev–Trinajstić information content (AvgIpc) is 3.34. The molecule has 10 heteroatoms. The fraction of sp³-hybridized carbons (Fsp3) is 0.0476. The number of nitrogens with one attached hydrogen (secondary N) is 2. The molecule has 3 aromatic carbocycles. The SMILES string of the molecule is O=C(Nc1ccc(S(=O)(=O)NCc2ccccc2)cc1)c1cccc(-n2cnnn2)c1. The Hall–Kier alpha value is -3.89. The van der Waals surface area contributed by atoms with Gasteiger partial charge in [0.25, 0.3) is 5.91 Å². The van der Waals surface area contributed by atoms with Gasteiger partial charge < -0.3 is 5.32 Å². The Labute approximate surface area is 178 Å². The first-order chi connectivity index (χ1) is 15.0. The van der Waals surface area contributed by atoms with E-state index in [1.807, 2.05) is 30.3 Å². The van der Waals surface area contributed by atoms with E-state index in [-0.39, 0.29) is 17.3 Å². The number of hydrogen-bond donors (Lipinski definition) is 2. The van der Waals surface area contributed by atoms with Gasteiger partial charge in [-0.1, -0.05) is 36.4 Å². The highest BCUT2D eigenvalue weighted by Gasteiger charge is 2.14. The van der Waals surface area contributed by atoms with Gasteiger partial charge in [-0.2, -0.15) is 0 Å². The van der Waals surface area contributed by atoms with Crippen molar-refractivity contribution in [3.05, 3.63) is 96.3 Å². The Balaban J connectivity index is 1.42. The van der Waals surface area contributed by atoms with Crippen LogP contribution in [0.4, 0.5) is 5.69 Å². The molecule has 0 spiro atoms. The van der Waals surface area contributed by atoms with Crippen molar-refractivity contribution in [2.75, 3.05) is 5.32 Å². The third kappa shape index (κ3) is 5.00. The smallest absolute Gasteiger partial charge is 0.255 e. The molecule has 4 rings (SSSR count). The molecule has 0 fully saturated rings. The minimum absolute atomic E-state index is 0.113. The fourth-order valence-corrected chi connectivity index (χ4v) is 3.87. The number of carbonyl (C=O) groups excluding carboxylic acids is 1. The van der Waals surface area contributed by atoms with Crippen LogP contribution in [0.3, 0.4) is 0 Å². The Morgan fingerprint density at radius 3 is 2.42 bits per heavy atom. The van der Waals surface area contributed by atoms with Gasteiger partial charge in [-0.05, 0) is 58.5 Å². The summed E-state index contributed by atoms with van der Waals surface area (Å²) in [5.41, 5.74) is 2.39. The number of sulfonamides is 1. The van der Waals surface area contributed by atoms with Gasteiger partial charge in [0.05, 0.1) is 10.6 Å². The number of carbonyl (C=O) groups is 1. The van der Waals surface area contributed by atoms with Gasteiger partial charge in [0, 0.05) is 17.8 Å². The van der Waals surface area contributed by atoms with E-state index in [2.05, 4.69) is 25.6 Å². The summed E-state index contributed by atoms with van der Waals surface area (Å²) in [6.45, 7) is 0.194. The first-order valence-electron chi connectivity index (χ1n) is 9.30. The second-order valence-corrected chi connectivity index (χ2v) is 8.36. The van der Waals surface area contributed by atoms with Crippen LogP contribution in [-0.2, 0) is 16.6 Å². The van der Waals surface area contributed by atoms with Gasteiger partial charge in [-0.25, -0.2) is 17.8 Å². The van der Waals surface area contributed by atoms with Crippen molar-refractivity contribution in [2.45, 2.75) is 11.4 Å². The molecule has 0 atom stereocenters. The van der Waals surface area contributed by atoms with Gasteiger partial charge in [0.1, 0.15) is 6.33 Å². The fourth-order valence-electron chi connectivity index (χ4n) is 2.85. The Kier molecular flexibility index (Phi) is 5.83. The average molecular weight is 434 g/mol. The maximum Gasteiger partial charge on any atom is 0.255 e. The lowest BCUT2D eigenvalue weighted by Gasteiger charge is -2.09. The third-order valence-electron chi connectivity index (χ3n) is 4.45. The molecule has 156 valence electrons. The highest BCUT2D eigenvalue weighted by atomic mass is 32.2. The summed E-state index contributed by atoms with van der Waals surface area (Å²) in [7, 11) is -3.67. The van der Waals surface area contributed by atoms with Crippen LogP contribution in [0.15, 0.2) is 90.1 Å². The monoisotopic (exact) mass is 434 g/mol. The molecule has 0 aliphatic carbocycles. The van der Waals surface area contributed by atoms with Crippen molar-refractivity contribution in [2.24, 2.45) is 0 Å². The Morgan fingerprint density at radius 1 is 0.935 bits per heavy atom. The summed E-state index contributed by atoms with van der Waals surface area (Å²) < 4.78 is 29.0. The van der Waals surface area contributed by atoms with Crippen LogP contribution in [0.25, 0.3) is 5.69 Å². The lowest BCUT2D eigenvalue weighted by molar-refractivity contribution is 0.102. The van der Waals surface area contributed by atoms with E-state index in [0.29, 0.717) is 16.9 Å². The van der Waals surface area contributed by atoms with E-state index in [9.17, 15) is 13.2 Å². The lowest BCUT2D eigenvalue weighted by Crippen LogP contribution is -2.23. The number of benzene rings is 3. The van der Waals surface area contributed by atoms with Crippen molar-refractivity contribution in [1.29, 1.82) is 0 Å². The number of nitrogens with zero attached hydrogens (tertiary/aromatic N) is 4. The molecular weight excluding hydrogens is 416 g/mol. The zero-order valence-corrected chi connectivity index (χ0v) is 17.0. The van der Waals surface area contributed by atoms with Crippen LogP contribution in [0.1, 0.15) is 15.9 Å². The maximum atomic E-state index is 12.6. The van der Waals surface area contributed by atoms with E-state index in [0.717, 1.165) is 5.56 Å². The predicted octanol–water partition coefficient (Wildman–Crippen LogP) is 2.39. The molecule has 0 aliphatic rings. The van der Waals surface area contributed by atoms with Crippen LogP contribution in [-0.4, -0.2) is 34.5 Å². The van der Waals surface area contributed by atoms with Crippen LogP contribution in [0.2, 0.25) is 0 Å². The first-order valence-corrected chi connectivity index (χ1v) is 10.8. The first kappa shape index (κ1) is 20.4. The second-order valence-electron chi connectivity index (χ2n) is 6.59. The van der Waals surface area contributed by atoms with Crippen molar-refractivity contribution in [1.82, 2.24) is 24.9 Å². The minimum Gasteiger partial charge on any atom is -0.322 e. The molecule has 0 bridgehead atoms. The van der Waals surface area contributed by atoms with Crippen LogP contribution < -0.4 is 10.0 Å². The molecule has 9 nitrogen and oxygen atoms in total. The van der Waals surface area contributed by atoms with Crippen molar-refractivity contribution in [3.63, 3.8) is 0 Å². The number of amides is 1. The molecule has 0 radical (unpaired) electrons. The Morgan fingerprint density at radius 2 is 1.71 bits per heavy atom. The molecule has 4 aromatic rings. The molecule has 0 aliphatic heterocycles. The topological polar surface area (TPSA) is 119 Å². The lowest BCUT2D eigenvalue weighted by atomic mass is 10.2. The van der Waals surface area contributed by atoms with E-state index in [4.69, 9.17) is 0 Å². The molecule has 0 saturated carbocycles. The largest absolute Gasteiger partial charge is 0.322 e. The van der Waals surface area contributed by atoms with Crippen molar-refractivity contribution in [3.8, 4) is 5.69 Å². The summed E-state index contributed by atoms with van der Waals surface area (Å²) in [6.07, 6.45) is 1.43. The zero-order chi connectivity index (χ0) is 21.7. The molecule has 0 unspecified atom stereocenters. The number of tetrazole rings is 1. The summed E-state index contributed by atoms with van der Waals surface area (Å²) in [4.78, 5) is 12.7. The molecular formula is C21H18N6O3S. The number of rotatable bonds is 7. The summed E-state index contributed by atoms with van der Waals surface area (Å²) in [5, 5.41) is 13.7. The second kappa shape index (κ2) is 8.86. The normalized spacial score (nSPS) is 11.2. The van der Waals surface area contributed by atoms with E-state index in [1.54, 1.807) is 36.4 Å². The molecule has 0 saturated heterocycles. The molecule has 2 N–H and O–H groups in total. The quantitative estimate of drug-likeness (QED) is 0.461. The minimum atomic E-state index is -3.67. The standard InChI is InChI=1S/C21H18N6O3S/c28-21(17-7-4-8-19(13-17)27-15-22-25-26-27)24-18-9-11-20(12-10-18)31(29,30)23-14-16-5-2-1-3-6-16/h1-13,15,23H,14H2,(H,24,28). The van der Waals surface area contributed by atoms with E-state index >= 15 is 0 Å². The van der Waals surface area contributed by atoms with Gasteiger partial charge >= 0.3 is 0 Å². The number of hydrogen-bond acceptors (Lipinski definition) is 6. The number of aromatic nitrogens is 4. The zero-order valence-electron chi connectivity index (χ0n) is 16.2. The number of anilines is 1. The predicted molar refractivity (Wildman–Crippen MR) is 114 cm³/mol. The molecule has 1 aromatic heterocycles. The van der Waals surface area contributed by atoms with Crippen LogP contribution in [0.5, 0.6) is 0 Å². The van der Waals surface area contributed by atoms with Gasteiger partial charge in [-0.3, -0.25) is 4.79 Å². The van der Waals surface area contributed by atoms with Crippen LogP contribution in [0, 0.1) is 0 Å². The maximum absolute atomic E-state index is 12.6. The highest BCUT2D eigenvalue weighted by molar-refractivity contribution is 7.89. The molecule has 1 amide bonds. The van der Waals surface area contributed by atoms with Gasteiger partial charge in [0.15, 0.2) is 0 Å². The summed E-state index contributed by atoms with van der Waals surface area (Å²) in [5.74, 6) is -0.340. The van der Waals surface area contributed by atoms with E-state index < -0.39 is 10.0 Å².